The van der Waals surface area contributed by atoms with Gasteiger partial charge in [0.1, 0.15) is 12.0 Å². The minimum absolute atomic E-state index is 0.0597. The Morgan fingerprint density at radius 2 is 2.23 bits per heavy atom. The minimum Gasteiger partial charge on any atom is -0.359 e. The number of aryl methyl sites for hydroxylation is 1. The quantitative estimate of drug-likeness (QED) is 0.468. The van der Waals surface area contributed by atoms with Crippen molar-refractivity contribution in [1.29, 1.82) is 0 Å². The molecule has 0 bridgehead atoms. The zero-order valence-corrected chi connectivity index (χ0v) is 14.3. The standard InChI is InChI=1S/C17H20F2N6O/c1-24-6-4-12(9-24)7-13(3-2-5-20-11-26)15-8-14(16(18)19)23-17-21-10-22-25(15)17/h4,6,8-11,13,16H,2-3,5,7H2,1H3,(H,20,26). The van der Waals surface area contributed by atoms with Crippen LogP contribution < -0.4 is 5.32 Å². The van der Waals surface area contributed by atoms with Crippen LogP contribution in [-0.4, -0.2) is 37.1 Å². The Morgan fingerprint density at radius 3 is 2.92 bits per heavy atom. The largest absolute Gasteiger partial charge is 0.359 e. The molecular formula is C17H20F2N6O. The van der Waals surface area contributed by atoms with Crippen molar-refractivity contribution in [3.8, 4) is 0 Å². The maximum atomic E-state index is 13.3. The van der Waals surface area contributed by atoms with Crippen LogP contribution in [0.1, 0.15) is 42.1 Å². The number of aromatic nitrogens is 5. The summed E-state index contributed by atoms with van der Waals surface area (Å²) in [5.74, 6) is 0.109. The van der Waals surface area contributed by atoms with Gasteiger partial charge in [-0.1, -0.05) is 0 Å². The molecule has 3 aromatic rings. The lowest BCUT2D eigenvalue weighted by molar-refractivity contribution is -0.109. The maximum Gasteiger partial charge on any atom is 0.280 e. The average molecular weight is 362 g/mol. The number of amides is 1. The fourth-order valence-corrected chi connectivity index (χ4v) is 3.09. The van der Waals surface area contributed by atoms with Gasteiger partial charge in [0.15, 0.2) is 0 Å². The number of hydrogen-bond donors (Lipinski definition) is 1. The van der Waals surface area contributed by atoms with Crippen LogP contribution in [0.15, 0.2) is 30.9 Å². The van der Waals surface area contributed by atoms with Gasteiger partial charge in [0.05, 0.1) is 5.69 Å². The van der Waals surface area contributed by atoms with E-state index in [9.17, 15) is 13.6 Å². The third-order valence-corrected chi connectivity index (χ3v) is 4.27. The van der Waals surface area contributed by atoms with Crippen molar-refractivity contribution in [2.24, 2.45) is 7.05 Å². The van der Waals surface area contributed by atoms with Gasteiger partial charge in [-0.3, -0.25) is 4.79 Å². The average Bonchev–Trinajstić information content (AvgIpc) is 3.25. The molecule has 1 N–H and O–H groups in total. The normalized spacial score (nSPS) is 12.6. The van der Waals surface area contributed by atoms with Crippen LogP contribution in [-0.2, 0) is 18.3 Å². The molecule has 138 valence electrons. The first-order valence-corrected chi connectivity index (χ1v) is 8.35. The van der Waals surface area contributed by atoms with Crippen LogP contribution in [0.5, 0.6) is 0 Å². The first kappa shape index (κ1) is 18.0. The molecule has 3 heterocycles. The molecule has 0 saturated carbocycles. The Kier molecular flexibility index (Phi) is 5.55. The lowest BCUT2D eigenvalue weighted by atomic mass is 9.92. The van der Waals surface area contributed by atoms with E-state index in [0.717, 1.165) is 12.0 Å². The molecule has 1 unspecified atom stereocenters. The van der Waals surface area contributed by atoms with Crippen molar-refractivity contribution in [3.63, 3.8) is 0 Å². The van der Waals surface area contributed by atoms with Gasteiger partial charge in [-0.2, -0.15) is 10.1 Å². The van der Waals surface area contributed by atoms with Crippen molar-refractivity contribution >= 4 is 12.2 Å². The van der Waals surface area contributed by atoms with Gasteiger partial charge in [0.2, 0.25) is 6.41 Å². The molecule has 0 saturated heterocycles. The highest BCUT2D eigenvalue weighted by Crippen LogP contribution is 2.28. The highest BCUT2D eigenvalue weighted by molar-refractivity contribution is 5.45. The van der Waals surface area contributed by atoms with E-state index in [1.807, 2.05) is 30.1 Å². The van der Waals surface area contributed by atoms with E-state index >= 15 is 0 Å². The molecule has 9 heteroatoms. The summed E-state index contributed by atoms with van der Waals surface area (Å²) in [7, 11) is 1.93. The van der Waals surface area contributed by atoms with E-state index in [1.165, 1.54) is 16.9 Å². The van der Waals surface area contributed by atoms with Crippen LogP contribution >= 0.6 is 0 Å². The van der Waals surface area contributed by atoms with Gasteiger partial charge >= 0.3 is 0 Å². The molecule has 26 heavy (non-hydrogen) atoms. The monoisotopic (exact) mass is 362 g/mol. The zero-order valence-electron chi connectivity index (χ0n) is 14.3. The van der Waals surface area contributed by atoms with Gasteiger partial charge in [0, 0.05) is 31.9 Å². The zero-order chi connectivity index (χ0) is 18.5. The molecular weight excluding hydrogens is 342 g/mol. The minimum atomic E-state index is -2.68. The molecule has 7 nitrogen and oxygen atoms in total. The Labute approximate surface area is 149 Å². The maximum absolute atomic E-state index is 13.3. The molecule has 0 radical (unpaired) electrons. The van der Waals surface area contributed by atoms with E-state index in [2.05, 4.69) is 20.4 Å². The third-order valence-electron chi connectivity index (χ3n) is 4.27. The van der Waals surface area contributed by atoms with E-state index in [-0.39, 0.29) is 17.4 Å². The lowest BCUT2D eigenvalue weighted by Crippen LogP contribution is -2.16. The van der Waals surface area contributed by atoms with Gasteiger partial charge in [0.25, 0.3) is 12.2 Å². The summed E-state index contributed by atoms with van der Waals surface area (Å²) in [5.41, 5.74) is 1.45. The highest BCUT2D eigenvalue weighted by Gasteiger charge is 2.21. The summed E-state index contributed by atoms with van der Waals surface area (Å²) in [6.45, 7) is 0.530. The number of alkyl halides is 2. The predicted octanol–water partition coefficient (Wildman–Crippen LogP) is 2.25. The molecule has 3 rings (SSSR count). The van der Waals surface area contributed by atoms with E-state index in [1.54, 1.807) is 0 Å². The van der Waals surface area contributed by atoms with Crippen molar-refractivity contribution in [2.45, 2.75) is 31.6 Å². The number of carbonyl (C=O) groups excluding carboxylic acids is 1. The second kappa shape index (κ2) is 8.03. The Morgan fingerprint density at radius 1 is 1.38 bits per heavy atom. The molecule has 0 aliphatic heterocycles. The highest BCUT2D eigenvalue weighted by atomic mass is 19.3. The molecule has 0 spiro atoms. The van der Waals surface area contributed by atoms with E-state index in [4.69, 9.17) is 0 Å². The first-order chi connectivity index (χ1) is 12.6. The lowest BCUT2D eigenvalue weighted by Gasteiger charge is -2.18. The fourth-order valence-electron chi connectivity index (χ4n) is 3.09. The summed E-state index contributed by atoms with van der Waals surface area (Å²) >= 11 is 0. The van der Waals surface area contributed by atoms with Gasteiger partial charge in [-0.25, -0.2) is 18.3 Å². The van der Waals surface area contributed by atoms with Gasteiger partial charge in [-0.05, 0) is 37.0 Å². The van der Waals surface area contributed by atoms with Gasteiger partial charge < -0.3 is 9.88 Å². The van der Waals surface area contributed by atoms with E-state index in [0.29, 0.717) is 31.5 Å². The molecule has 3 aromatic heterocycles. The summed E-state index contributed by atoms with van der Waals surface area (Å²) in [4.78, 5) is 18.3. The van der Waals surface area contributed by atoms with Crippen molar-refractivity contribution < 1.29 is 13.6 Å². The first-order valence-electron chi connectivity index (χ1n) is 8.35. The van der Waals surface area contributed by atoms with Gasteiger partial charge in [-0.15, -0.1) is 0 Å². The molecule has 1 amide bonds. The summed E-state index contributed by atoms with van der Waals surface area (Å²) in [6.07, 6.45) is 5.34. The Balaban J connectivity index is 1.95. The smallest absolute Gasteiger partial charge is 0.280 e. The Hall–Kier alpha value is -2.84. The summed E-state index contributed by atoms with van der Waals surface area (Å²) in [5, 5.41) is 6.79. The topological polar surface area (TPSA) is 77.1 Å². The van der Waals surface area contributed by atoms with Crippen molar-refractivity contribution in [1.82, 2.24) is 29.5 Å². The molecule has 0 aromatic carbocycles. The third kappa shape index (κ3) is 4.04. The predicted molar refractivity (Wildman–Crippen MR) is 90.9 cm³/mol. The fraction of sp³-hybridized carbons (Fsp3) is 0.412. The molecule has 0 fully saturated rings. The number of nitrogens with one attached hydrogen (secondary N) is 1. The number of carbonyl (C=O) groups is 1. The second-order valence-corrected chi connectivity index (χ2v) is 6.18. The molecule has 0 aliphatic carbocycles. The van der Waals surface area contributed by atoms with Crippen molar-refractivity contribution in [3.05, 3.63) is 47.8 Å². The number of nitrogens with zero attached hydrogens (tertiary/aromatic N) is 5. The summed E-state index contributed by atoms with van der Waals surface area (Å²) in [6, 6.07) is 3.41. The number of hydrogen-bond acceptors (Lipinski definition) is 4. The molecule has 0 aliphatic rings. The second-order valence-electron chi connectivity index (χ2n) is 6.18. The van der Waals surface area contributed by atoms with Crippen LogP contribution in [0.25, 0.3) is 5.78 Å². The number of fused-ring (bicyclic) bond motifs is 1. The van der Waals surface area contributed by atoms with Crippen LogP contribution in [0.2, 0.25) is 0 Å². The number of rotatable bonds is 9. The van der Waals surface area contributed by atoms with Crippen LogP contribution in [0.4, 0.5) is 8.78 Å². The SMILES string of the molecule is Cn1ccc(CC(CCCNC=O)c2cc(C(F)F)nc3ncnn23)c1. The summed E-state index contributed by atoms with van der Waals surface area (Å²) < 4.78 is 30.0. The van der Waals surface area contributed by atoms with Crippen LogP contribution in [0, 0.1) is 0 Å². The van der Waals surface area contributed by atoms with Crippen molar-refractivity contribution in [2.75, 3.05) is 6.54 Å². The Bertz CT molecular complexity index is 875. The number of halogens is 2. The molecule has 1 atom stereocenters. The van der Waals surface area contributed by atoms with E-state index < -0.39 is 6.43 Å². The van der Waals surface area contributed by atoms with Crippen LogP contribution in [0.3, 0.4) is 0 Å².